The number of aliphatic hydroxyl groups excluding tert-OH is 1. The van der Waals surface area contributed by atoms with Crippen molar-refractivity contribution in [3.63, 3.8) is 0 Å². The summed E-state index contributed by atoms with van der Waals surface area (Å²) in [6, 6.07) is 9.26. The Hall–Kier alpha value is -2.17. The van der Waals surface area contributed by atoms with Gasteiger partial charge in [0.25, 0.3) is 0 Å². The van der Waals surface area contributed by atoms with Gasteiger partial charge in [-0.3, -0.25) is 9.88 Å². The van der Waals surface area contributed by atoms with E-state index in [0.717, 1.165) is 18.4 Å². The van der Waals surface area contributed by atoms with Gasteiger partial charge < -0.3 is 10.1 Å². The fraction of sp³-hybridized carbons (Fsp3) is 0.316. The number of aliphatic hydroxyl groups is 1. The Morgan fingerprint density at radius 1 is 1.17 bits per heavy atom. The molecule has 23 heavy (non-hydrogen) atoms. The van der Waals surface area contributed by atoms with Gasteiger partial charge >= 0.3 is 0 Å². The number of aromatic nitrogens is 2. The van der Waals surface area contributed by atoms with Crippen molar-refractivity contribution in [2.75, 3.05) is 7.05 Å². The summed E-state index contributed by atoms with van der Waals surface area (Å²) in [7, 11) is 2.21. The lowest BCUT2D eigenvalue weighted by atomic mass is 9.78. The SMILES string of the molecule is CN1C2Cc3c([nH]c4ccccc34)C1Cc1c(CO)cncc12. The van der Waals surface area contributed by atoms with Gasteiger partial charge in [-0.05, 0) is 48.2 Å². The summed E-state index contributed by atoms with van der Waals surface area (Å²) in [6.45, 7) is 0.0683. The molecule has 2 unspecified atom stereocenters. The molecule has 0 fully saturated rings. The lowest BCUT2D eigenvalue weighted by Gasteiger charge is -2.45. The maximum atomic E-state index is 9.67. The molecule has 0 saturated heterocycles. The van der Waals surface area contributed by atoms with E-state index in [-0.39, 0.29) is 6.61 Å². The van der Waals surface area contributed by atoms with Gasteiger partial charge in [0.1, 0.15) is 0 Å². The number of likely N-dealkylation sites (N-methyl/N-ethyl adjacent to an activating group) is 1. The summed E-state index contributed by atoms with van der Waals surface area (Å²) < 4.78 is 0. The standard InChI is InChI=1S/C19H19N3O/c1-22-17-7-14-12-4-2-3-5-16(12)21-19(14)18(22)6-13-11(10-23)8-20-9-15(13)17/h2-5,8-9,17-18,21,23H,6-7,10H2,1H3. The van der Waals surface area contributed by atoms with E-state index < -0.39 is 0 Å². The van der Waals surface area contributed by atoms with Crippen molar-refractivity contribution in [2.45, 2.75) is 31.5 Å². The molecule has 4 heteroatoms. The monoisotopic (exact) mass is 305 g/mol. The van der Waals surface area contributed by atoms with Gasteiger partial charge in [0.2, 0.25) is 0 Å². The van der Waals surface area contributed by atoms with E-state index in [4.69, 9.17) is 0 Å². The number of hydrogen-bond donors (Lipinski definition) is 2. The first-order valence-electron chi connectivity index (χ1n) is 8.16. The van der Waals surface area contributed by atoms with E-state index in [9.17, 15) is 5.11 Å². The van der Waals surface area contributed by atoms with Gasteiger partial charge in [-0.2, -0.15) is 0 Å². The predicted molar refractivity (Wildman–Crippen MR) is 89.1 cm³/mol. The summed E-state index contributed by atoms with van der Waals surface area (Å²) in [4.78, 5) is 10.5. The number of rotatable bonds is 1. The molecule has 2 bridgehead atoms. The van der Waals surface area contributed by atoms with E-state index in [1.165, 1.54) is 33.3 Å². The number of nitrogens with one attached hydrogen (secondary N) is 1. The second-order valence-corrected chi connectivity index (χ2v) is 6.69. The molecular formula is C19H19N3O. The third-order valence-corrected chi connectivity index (χ3v) is 5.67. The molecule has 0 radical (unpaired) electrons. The van der Waals surface area contributed by atoms with E-state index in [1.807, 2.05) is 12.4 Å². The van der Waals surface area contributed by atoms with Crippen molar-refractivity contribution in [3.05, 3.63) is 64.6 Å². The van der Waals surface area contributed by atoms with Gasteiger partial charge in [-0.25, -0.2) is 0 Å². The zero-order valence-corrected chi connectivity index (χ0v) is 13.1. The Kier molecular flexibility index (Phi) is 2.69. The smallest absolute Gasteiger partial charge is 0.0699 e. The third-order valence-electron chi connectivity index (χ3n) is 5.67. The first-order valence-corrected chi connectivity index (χ1v) is 8.16. The van der Waals surface area contributed by atoms with Gasteiger partial charge in [0.15, 0.2) is 0 Å². The molecule has 2 atom stereocenters. The number of benzene rings is 1. The molecule has 2 N–H and O–H groups in total. The molecule has 2 aliphatic heterocycles. The van der Waals surface area contributed by atoms with Gasteiger partial charge in [-0.1, -0.05) is 18.2 Å². The highest BCUT2D eigenvalue weighted by molar-refractivity contribution is 5.85. The molecule has 3 aromatic rings. The largest absolute Gasteiger partial charge is 0.392 e. The molecule has 0 spiro atoms. The molecule has 0 amide bonds. The minimum absolute atomic E-state index is 0.0683. The van der Waals surface area contributed by atoms with Crippen molar-refractivity contribution in [3.8, 4) is 0 Å². The number of hydrogen-bond acceptors (Lipinski definition) is 3. The number of fused-ring (bicyclic) bond motifs is 8. The molecule has 2 aromatic heterocycles. The van der Waals surface area contributed by atoms with Gasteiger partial charge in [0.05, 0.1) is 12.6 Å². The highest BCUT2D eigenvalue weighted by Crippen LogP contribution is 2.48. The Morgan fingerprint density at radius 2 is 2.00 bits per heavy atom. The van der Waals surface area contributed by atoms with Crippen molar-refractivity contribution in [1.29, 1.82) is 0 Å². The van der Waals surface area contributed by atoms with Gasteiger partial charge in [-0.15, -0.1) is 0 Å². The van der Waals surface area contributed by atoms with Crippen LogP contribution in [-0.4, -0.2) is 27.0 Å². The fourth-order valence-corrected chi connectivity index (χ4v) is 4.47. The molecule has 4 heterocycles. The summed E-state index contributed by atoms with van der Waals surface area (Å²) >= 11 is 0. The van der Waals surface area contributed by atoms with E-state index in [1.54, 1.807) is 0 Å². The van der Waals surface area contributed by atoms with Crippen LogP contribution in [0.25, 0.3) is 10.9 Å². The second kappa shape index (κ2) is 4.66. The summed E-state index contributed by atoms with van der Waals surface area (Å²) in [5.74, 6) is 0. The Bertz CT molecular complexity index is 914. The van der Waals surface area contributed by atoms with E-state index in [0.29, 0.717) is 12.1 Å². The highest BCUT2D eigenvalue weighted by atomic mass is 16.3. The van der Waals surface area contributed by atoms with Crippen LogP contribution < -0.4 is 0 Å². The second-order valence-electron chi connectivity index (χ2n) is 6.69. The van der Waals surface area contributed by atoms with Crippen molar-refractivity contribution >= 4 is 10.9 Å². The van der Waals surface area contributed by atoms with Crippen LogP contribution in [0.4, 0.5) is 0 Å². The molecule has 1 aromatic carbocycles. The molecule has 4 nitrogen and oxygen atoms in total. The Labute approximate surface area is 134 Å². The lowest BCUT2D eigenvalue weighted by molar-refractivity contribution is 0.134. The molecule has 0 saturated carbocycles. The number of aromatic amines is 1. The average molecular weight is 305 g/mol. The molecule has 116 valence electrons. The first-order chi connectivity index (χ1) is 11.3. The van der Waals surface area contributed by atoms with Crippen LogP contribution in [0.3, 0.4) is 0 Å². The predicted octanol–water partition coefficient (Wildman–Crippen LogP) is 2.88. The first kappa shape index (κ1) is 13.3. The zero-order chi connectivity index (χ0) is 15.6. The lowest BCUT2D eigenvalue weighted by Crippen LogP contribution is -2.41. The Balaban J connectivity index is 1.74. The van der Waals surface area contributed by atoms with Crippen molar-refractivity contribution < 1.29 is 5.11 Å². The van der Waals surface area contributed by atoms with Crippen LogP contribution in [0.15, 0.2) is 36.7 Å². The molecular weight excluding hydrogens is 286 g/mol. The third kappa shape index (κ3) is 1.70. The van der Waals surface area contributed by atoms with E-state index in [2.05, 4.69) is 46.2 Å². The summed E-state index contributed by atoms with van der Waals surface area (Å²) in [6.07, 6.45) is 5.73. The van der Waals surface area contributed by atoms with Crippen molar-refractivity contribution in [1.82, 2.24) is 14.9 Å². The van der Waals surface area contributed by atoms with Crippen LogP contribution >= 0.6 is 0 Å². The van der Waals surface area contributed by atoms with Crippen molar-refractivity contribution in [2.24, 2.45) is 0 Å². The maximum absolute atomic E-state index is 9.67. The normalized spacial score (nSPS) is 22.9. The van der Waals surface area contributed by atoms with Crippen LogP contribution in [-0.2, 0) is 19.4 Å². The minimum atomic E-state index is 0.0683. The van der Waals surface area contributed by atoms with Gasteiger partial charge in [0, 0.05) is 35.0 Å². The van der Waals surface area contributed by atoms with Crippen LogP contribution in [0, 0.1) is 0 Å². The maximum Gasteiger partial charge on any atom is 0.0699 e. The van der Waals surface area contributed by atoms with Crippen LogP contribution in [0.2, 0.25) is 0 Å². The Morgan fingerprint density at radius 3 is 2.87 bits per heavy atom. The number of nitrogens with zero attached hydrogens (tertiary/aromatic N) is 2. The van der Waals surface area contributed by atoms with Crippen LogP contribution in [0.1, 0.15) is 40.0 Å². The summed E-state index contributed by atoms with van der Waals surface area (Å²) in [5, 5.41) is 11.0. The number of pyridine rings is 1. The molecule has 5 rings (SSSR count). The number of para-hydroxylation sites is 1. The number of H-pyrrole nitrogens is 1. The average Bonchev–Trinajstić information content (AvgIpc) is 2.94. The minimum Gasteiger partial charge on any atom is -0.392 e. The summed E-state index contributed by atoms with van der Waals surface area (Å²) in [5.41, 5.74) is 7.57. The topological polar surface area (TPSA) is 52.2 Å². The zero-order valence-electron chi connectivity index (χ0n) is 13.1. The van der Waals surface area contributed by atoms with Crippen LogP contribution in [0.5, 0.6) is 0 Å². The van der Waals surface area contributed by atoms with E-state index >= 15 is 0 Å². The highest BCUT2D eigenvalue weighted by Gasteiger charge is 2.40. The molecule has 2 aliphatic rings. The fourth-order valence-electron chi connectivity index (χ4n) is 4.47. The quantitative estimate of drug-likeness (QED) is 0.727. The molecule has 0 aliphatic carbocycles.